The molecule has 2 aromatic rings. The zero-order valence-corrected chi connectivity index (χ0v) is 14.0. The second-order valence-electron chi connectivity index (χ2n) is 5.97. The third-order valence-corrected chi connectivity index (χ3v) is 3.66. The highest BCUT2D eigenvalue weighted by Crippen LogP contribution is 2.32. The molecule has 2 rings (SSSR count). The van der Waals surface area contributed by atoms with Crippen LogP contribution in [0.15, 0.2) is 54.6 Å². The van der Waals surface area contributed by atoms with E-state index in [9.17, 15) is 18.0 Å². The van der Waals surface area contributed by atoms with Crippen molar-refractivity contribution < 1.29 is 22.7 Å². The first-order chi connectivity index (χ1) is 11.8. The van der Waals surface area contributed by atoms with Gasteiger partial charge in [-0.2, -0.15) is 13.2 Å². The molecule has 1 unspecified atom stereocenters. The average molecular weight is 351 g/mol. The van der Waals surface area contributed by atoms with E-state index in [4.69, 9.17) is 4.74 Å². The molecule has 0 radical (unpaired) electrons. The Labute approximate surface area is 144 Å². The molecule has 0 saturated heterocycles. The summed E-state index contributed by atoms with van der Waals surface area (Å²) in [7, 11) is 0. The lowest BCUT2D eigenvalue weighted by atomic mass is 10.0. The number of hydrogen-bond acceptors (Lipinski definition) is 2. The summed E-state index contributed by atoms with van der Waals surface area (Å²) in [4.78, 5) is 11.9. The van der Waals surface area contributed by atoms with E-state index in [2.05, 4.69) is 0 Å². The predicted octanol–water partition coefficient (Wildman–Crippen LogP) is 4.61. The minimum absolute atomic E-state index is 0.0230. The highest BCUT2D eigenvalue weighted by atomic mass is 19.4. The fourth-order valence-corrected chi connectivity index (χ4v) is 2.31. The Kier molecular flexibility index (Phi) is 6.07. The van der Waals surface area contributed by atoms with Crippen molar-refractivity contribution in [1.29, 1.82) is 0 Å². The second-order valence-corrected chi connectivity index (χ2v) is 5.97. The molecule has 0 aliphatic rings. The zero-order valence-electron chi connectivity index (χ0n) is 14.0. The highest BCUT2D eigenvalue weighted by Gasteiger charge is 2.41. The van der Waals surface area contributed by atoms with Gasteiger partial charge in [-0.3, -0.25) is 4.79 Å². The molecule has 1 atom stereocenters. The van der Waals surface area contributed by atoms with Crippen molar-refractivity contribution in [1.82, 2.24) is 5.32 Å². The van der Waals surface area contributed by atoms with Crippen LogP contribution in [0.3, 0.4) is 0 Å². The zero-order chi connectivity index (χ0) is 18.4. The first-order valence-corrected chi connectivity index (χ1v) is 7.91. The number of rotatable bonds is 6. The molecule has 0 heterocycles. The van der Waals surface area contributed by atoms with Gasteiger partial charge in [0.05, 0.1) is 0 Å². The Morgan fingerprint density at radius 2 is 1.68 bits per heavy atom. The Morgan fingerprint density at radius 3 is 2.28 bits per heavy atom. The van der Waals surface area contributed by atoms with E-state index in [-0.39, 0.29) is 11.5 Å². The Morgan fingerprint density at radius 1 is 1.04 bits per heavy atom. The van der Waals surface area contributed by atoms with Gasteiger partial charge in [-0.05, 0) is 29.2 Å². The monoisotopic (exact) mass is 351 g/mol. The molecule has 1 N–H and O–H groups in total. The van der Waals surface area contributed by atoms with Crippen LogP contribution in [0.4, 0.5) is 13.2 Å². The van der Waals surface area contributed by atoms with Gasteiger partial charge in [0.15, 0.2) is 12.6 Å². The number of carbonyl (C=O) groups is 1. The fraction of sp³-hybridized carbons (Fsp3) is 0.316. The van der Waals surface area contributed by atoms with Gasteiger partial charge in [0.2, 0.25) is 0 Å². The van der Waals surface area contributed by atoms with Crippen LogP contribution in [0.5, 0.6) is 5.75 Å². The Balaban J connectivity index is 2.01. The van der Waals surface area contributed by atoms with Crippen LogP contribution in [0.25, 0.3) is 0 Å². The van der Waals surface area contributed by atoms with Crippen LogP contribution in [0, 0.1) is 0 Å². The van der Waals surface area contributed by atoms with Crippen molar-refractivity contribution >= 4 is 5.91 Å². The quantitative estimate of drug-likeness (QED) is 0.825. The van der Waals surface area contributed by atoms with Gasteiger partial charge in [0.1, 0.15) is 5.75 Å². The molecule has 0 bridgehead atoms. The largest absolute Gasteiger partial charge is 0.484 e. The SMILES string of the molecule is CC(C)c1cccc(OCC(=O)NC(c2ccccc2)C(F)(F)F)c1. The molecule has 0 aromatic heterocycles. The molecule has 0 spiro atoms. The summed E-state index contributed by atoms with van der Waals surface area (Å²) in [6.07, 6.45) is -4.59. The molecule has 0 saturated carbocycles. The smallest absolute Gasteiger partial charge is 0.412 e. The normalized spacial score (nSPS) is 12.7. The number of carbonyl (C=O) groups excluding carboxylic acids is 1. The number of nitrogens with one attached hydrogen (secondary N) is 1. The summed E-state index contributed by atoms with van der Waals surface area (Å²) in [6.45, 7) is 3.54. The summed E-state index contributed by atoms with van der Waals surface area (Å²) in [5.41, 5.74) is 1.00. The highest BCUT2D eigenvalue weighted by molar-refractivity contribution is 5.78. The van der Waals surface area contributed by atoms with Gasteiger partial charge in [-0.25, -0.2) is 0 Å². The second kappa shape index (κ2) is 8.05. The van der Waals surface area contributed by atoms with Crippen molar-refractivity contribution in [3.63, 3.8) is 0 Å². The molecule has 2 aromatic carbocycles. The standard InChI is InChI=1S/C19H20F3NO2/c1-13(2)15-9-6-10-16(11-15)25-12-17(24)23-18(19(20,21)22)14-7-4-3-5-8-14/h3-11,13,18H,12H2,1-2H3,(H,23,24). The summed E-state index contributed by atoms with van der Waals surface area (Å²) in [6, 6.07) is 12.3. The van der Waals surface area contributed by atoms with Crippen LogP contribution in [-0.2, 0) is 4.79 Å². The van der Waals surface area contributed by atoms with Gasteiger partial charge < -0.3 is 10.1 Å². The van der Waals surface area contributed by atoms with Crippen molar-refractivity contribution in [3.8, 4) is 5.75 Å². The maximum Gasteiger partial charge on any atom is 0.412 e. The van der Waals surface area contributed by atoms with E-state index in [0.717, 1.165) is 5.56 Å². The third kappa shape index (κ3) is 5.52. The van der Waals surface area contributed by atoms with Crippen LogP contribution < -0.4 is 10.1 Å². The van der Waals surface area contributed by atoms with E-state index in [1.807, 2.05) is 25.2 Å². The van der Waals surface area contributed by atoms with Crippen LogP contribution in [-0.4, -0.2) is 18.7 Å². The lowest BCUT2D eigenvalue weighted by molar-refractivity contribution is -0.164. The van der Waals surface area contributed by atoms with Crippen molar-refractivity contribution in [2.75, 3.05) is 6.61 Å². The van der Waals surface area contributed by atoms with Gasteiger partial charge in [-0.1, -0.05) is 56.3 Å². The van der Waals surface area contributed by atoms with Gasteiger partial charge in [0, 0.05) is 0 Å². The Hall–Kier alpha value is -2.50. The van der Waals surface area contributed by atoms with Gasteiger partial charge >= 0.3 is 6.18 Å². The number of alkyl halides is 3. The summed E-state index contributed by atoms with van der Waals surface area (Å²) >= 11 is 0. The summed E-state index contributed by atoms with van der Waals surface area (Å²) in [5.74, 6) is -0.101. The van der Waals surface area contributed by atoms with Crippen LogP contribution in [0.1, 0.15) is 36.9 Å². The molecule has 1 amide bonds. The average Bonchev–Trinajstić information content (AvgIpc) is 2.58. The van der Waals surface area contributed by atoms with Crippen LogP contribution in [0.2, 0.25) is 0 Å². The van der Waals surface area contributed by atoms with Crippen LogP contribution >= 0.6 is 0 Å². The lowest BCUT2D eigenvalue weighted by Crippen LogP contribution is -2.40. The first kappa shape index (κ1) is 18.8. The summed E-state index contributed by atoms with van der Waals surface area (Å²) < 4.78 is 45.0. The fourth-order valence-electron chi connectivity index (χ4n) is 2.31. The van der Waals surface area contributed by atoms with E-state index >= 15 is 0 Å². The van der Waals surface area contributed by atoms with E-state index in [0.29, 0.717) is 5.75 Å². The molecule has 134 valence electrons. The first-order valence-electron chi connectivity index (χ1n) is 7.91. The lowest BCUT2D eigenvalue weighted by Gasteiger charge is -2.22. The number of halogens is 3. The molecule has 6 heteroatoms. The topological polar surface area (TPSA) is 38.3 Å². The minimum atomic E-state index is -4.59. The van der Waals surface area contributed by atoms with Crippen molar-refractivity contribution in [3.05, 3.63) is 65.7 Å². The molecule has 3 nitrogen and oxygen atoms in total. The molecular formula is C19H20F3NO2. The Bertz CT molecular complexity index is 699. The van der Waals surface area contributed by atoms with Gasteiger partial charge in [-0.15, -0.1) is 0 Å². The number of benzene rings is 2. The number of ether oxygens (including phenoxy) is 1. The van der Waals surface area contributed by atoms with E-state index in [1.165, 1.54) is 24.3 Å². The molecule has 0 fully saturated rings. The molecular weight excluding hydrogens is 331 g/mol. The number of amides is 1. The summed E-state index contributed by atoms with van der Waals surface area (Å²) in [5, 5.41) is 1.99. The van der Waals surface area contributed by atoms with Crippen molar-refractivity contribution in [2.45, 2.75) is 32.0 Å². The minimum Gasteiger partial charge on any atom is -0.484 e. The third-order valence-electron chi connectivity index (χ3n) is 3.66. The number of hydrogen-bond donors (Lipinski definition) is 1. The van der Waals surface area contributed by atoms with E-state index < -0.39 is 24.7 Å². The maximum absolute atomic E-state index is 13.2. The van der Waals surface area contributed by atoms with Crippen molar-refractivity contribution in [2.24, 2.45) is 0 Å². The van der Waals surface area contributed by atoms with E-state index in [1.54, 1.807) is 24.3 Å². The maximum atomic E-state index is 13.2. The molecule has 0 aliphatic heterocycles. The predicted molar refractivity (Wildman–Crippen MR) is 89.4 cm³/mol. The molecule has 25 heavy (non-hydrogen) atoms. The molecule has 0 aliphatic carbocycles. The van der Waals surface area contributed by atoms with Gasteiger partial charge in [0.25, 0.3) is 5.91 Å².